The molecule has 2 nitrogen and oxygen atoms in total. The van der Waals surface area contributed by atoms with Crippen LogP contribution in [0.3, 0.4) is 0 Å². The van der Waals surface area contributed by atoms with Crippen LogP contribution in [0, 0.1) is 0 Å². The second-order valence-corrected chi connectivity index (χ2v) is 6.40. The van der Waals surface area contributed by atoms with Crippen molar-refractivity contribution >= 4 is 11.3 Å². The first kappa shape index (κ1) is 14.0. The molecule has 0 aliphatic heterocycles. The number of hydrogen-bond acceptors (Lipinski definition) is 3. The lowest BCUT2D eigenvalue weighted by molar-refractivity contribution is 0.202. The summed E-state index contributed by atoms with van der Waals surface area (Å²) in [5.41, 5.74) is 0. The smallest absolute Gasteiger partial charge is 0.0330 e. The maximum Gasteiger partial charge on any atom is 0.0330 e. The van der Waals surface area contributed by atoms with Crippen molar-refractivity contribution in [2.45, 2.75) is 58.7 Å². The summed E-state index contributed by atoms with van der Waals surface area (Å²) in [6.45, 7) is 8.87. The lowest BCUT2D eigenvalue weighted by Crippen LogP contribution is -2.32. The number of nitrogens with zero attached hydrogens (tertiary/aromatic N) is 1. The summed E-state index contributed by atoms with van der Waals surface area (Å²) in [5, 5.41) is 3.40. The highest BCUT2D eigenvalue weighted by molar-refractivity contribution is 7.11. The van der Waals surface area contributed by atoms with E-state index >= 15 is 0 Å². The van der Waals surface area contributed by atoms with Crippen LogP contribution in [0.2, 0.25) is 0 Å². The van der Waals surface area contributed by atoms with Gasteiger partial charge < -0.3 is 5.32 Å². The van der Waals surface area contributed by atoms with E-state index in [9.17, 15) is 0 Å². The van der Waals surface area contributed by atoms with E-state index in [0.29, 0.717) is 0 Å². The molecular formula is C15H26N2S. The first-order valence-electron chi connectivity index (χ1n) is 7.35. The third-order valence-corrected chi connectivity index (χ3v) is 4.94. The summed E-state index contributed by atoms with van der Waals surface area (Å²) in [6, 6.07) is 5.44. The summed E-state index contributed by atoms with van der Waals surface area (Å²) < 4.78 is 0. The lowest BCUT2D eigenvalue weighted by Gasteiger charge is -2.26. The van der Waals surface area contributed by atoms with Gasteiger partial charge in [0.25, 0.3) is 0 Å². The molecule has 102 valence electrons. The Bertz CT molecular complexity index is 342. The minimum Gasteiger partial charge on any atom is -0.312 e. The van der Waals surface area contributed by atoms with Gasteiger partial charge in [0.2, 0.25) is 0 Å². The molecule has 1 N–H and O–H groups in total. The maximum absolute atomic E-state index is 3.40. The highest BCUT2D eigenvalue weighted by Crippen LogP contribution is 2.26. The van der Waals surface area contributed by atoms with Gasteiger partial charge in [-0.3, -0.25) is 4.90 Å². The molecule has 3 heteroatoms. The van der Waals surface area contributed by atoms with E-state index in [1.54, 1.807) is 0 Å². The number of nitrogens with one attached hydrogen (secondary N) is 1. The van der Waals surface area contributed by atoms with E-state index < -0.39 is 0 Å². The molecule has 2 rings (SSSR count). The fourth-order valence-corrected chi connectivity index (χ4v) is 3.83. The summed E-state index contributed by atoms with van der Waals surface area (Å²) in [7, 11) is 0. The van der Waals surface area contributed by atoms with Crippen molar-refractivity contribution < 1.29 is 0 Å². The van der Waals surface area contributed by atoms with Gasteiger partial charge in [-0.2, -0.15) is 0 Å². The van der Waals surface area contributed by atoms with Crippen molar-refractivity contribution in [3.8, 4) is 0 Å². The predicted octanol–water partition coefficient (Wildman–Crippen LogP) is 3.62. The van der Waals surface area contributed by atoms with Crippen LogP contribution in [0.1, 0.15) is 49.3 Å². The molecule has 0 amide bonds. The average Bonchev–Trinajstić information content (AvgIpc) is 3.04. The molecule has 1 aliphatic carbocycles. The number of thiophene rings is 1. The Balaban J connectivity index is 1.88. The highest BCUT2D eigenvalue weighted by Gasteiger charge is 2.21. The molecule has 18 heavy (non-hydrogen) atoms. The van der Waals surface area contributed by atoms with Crippen molar-refractivity contribution in [2.75, 3.05) is 13.1 Å². The lowest BCUT2D eigenvalue weighted by atomic mass is 10.2. The zero-order chi connectivity index (χ0) is 12.8. The fraction of sp³-hybridized carbons (Fsp3) is 0.733. The Labute approximate surface area is 115 Å². The van der Waals surface area contributed by atoms with E-state index in [4.69, 9.17) is 0 Å². The predicted molar refractivity (Wildman–Crippen MR) is 80.0 cm³/mol. The van der Waals surface area contributed by atoms with Gasteiger partial charge in [-0.05, 0) is 38.1 Å². The van der Waals surface area contributed by atoms with Crippen LogP contribution >= 0.6 is 11.3 Å². The zero-order valence-electron chi connectivity index (χ0n) is 11.7. The Hall–Kier alpha value is -0.380. The van der Waals surface area contributed by atoms with Crippen molar-refractivity contribution in [1.82, 2.24) is 10.2 Å². The molecule has 0 aromatic carbocycles. The number of rotatable bonds is 7. The summed E-state index contributed by atoms with van der Waals surface area (Å²) in [6.07, 6.45) is 5.67. The molecule has 1 heterocycles. The fourth-order valence-electron chi connectivity index (χ4n) is 2.82. The van der Waals surface area contributed by atoms with Crippen LogP contribution in [0.5, 0.6) is 0 Å². The standard InChI is InChI=1S/C15H26N2S/c1-3-16-11-14-9-10-15(18-14)12-17(4-2)13-7-5-6-8-13/h9-10,13,16H,3-8,11-12H2,1-2H3. The minimum atomic E-state index is 0.842. The molecule has 1 aliphatic rings. The van der Waals surface area contributed by atoms with Gasteiger partial charge in [0.05, 0.1) is 0 Å². The summed E-state index contributed by atoms with van der Waals surface area (Å²) in [5.74, 6) is 0. The largest absolute Gasteiger partial charge is 0.312 e. The van der Waals surface area contributed by atoms with Crippen LogP contribution in [0.15, 0.2) is 12.1 Å². The van der Waals surface area contributed by atoms with Gasteiger partial charge >= 0.3 is 0 Å². The van der Waals surface area contributed by atoms with Crippen LogP contribution < -0.4 is 5.32 Å². The van der Waals surface area contributed by atoms with Gasteiger partial charge in [-0.15, -0.1) is 11.3 Å². The van der Waals surface area contributed by atoms with Crippen molar-refractivity contribution in [2.24, 2.45) is 0 Å². The maximum atomic E-state index is 3.40. The second kappa shape index (κ2) is 7.27. The van der Waals surface area contributed by atoms with E-state index in [1.807, 2.05) is 11.3 Å². The van der Waals surface area contributed by atoms with E-state index in [-0.39, 0.29) is 0 Å². The second-order valence-electron chi connectivity index (χ2n) is 5.15. The summed E-state index contributed by atoms with van der Waals surface area (Å²) >= 11 is 1.97. The zero-order valence-corrected chi connectivity index (χ0v) is 12.6. The van der Waals surface area contributed by atoms with Gasteiger partial charge in [-0.25, -0.2) is 0 Å². The Morgan fingerprint density at radius 2 is 1.94 bits per heavy atom. The van der Waals surface area contributed by atoms with Crippen LogP contribution in [0.4, 0.5) is 0 Å². The average molecular weight is 266 g/mol. The van der Waals surface area contributed by atoms with Crippen molar-refractivity contribution in [1.29, 1.82) is 0 Å². The SMILES string of the molecule is CCNCc1ccc(CN(CC)C2CCCC2)s1. The van der Waals surface area contributed by atoms with Gasteiger partial charge in [0.1, 0.15) is 0 Å². The normalized spacial score (nSPS) is 16.8. The van der Waals surface area contributed by atoms with Crippen LogP contribution in [-0.4, -0.2) is 24.0 Å². The van der Waals surface area contributed by atoms with Crippen molar-refractivity contribution in [3.63, 3.8) is 0 Å². The molecule has 0 spiro atoms. The van der Waals surface area contributed by atoms with Gasteiger partial charge in [0.15, 0.2) is 0 Å². The van der Waals surface area contributed by atoms with Crippen molar-refractivity contribution in [3.05, 3.63) is 21.9 Å². The first-order chi connectivity index (χ1) is 8.83. The van der Waals surface area contributed by atoms with E-state index in [0.717, 1.165) is 25.7 Å². The molecule has 0 atom stereocenters. The summed E-state index contributed by atoms with van der Waals surface area (Å²) in [4.78, 5) is 5.65. The molecule has 1 fully saturated rings. The molecule has 0 saturated heterocycles. The van der Waals surface area contributed by atoms with E-state index in [2.05, 4.69) is 36.2 Å². The van der Waals surface area contributed by atoms with Gasteiger partial charge in [0, 0.05) is 28.9 Å². The Kier molecular flexibility index (Phi) is 5.67. The third-order valence-electron chi connectivity index (χ3n) is 3.87. The molecule has 0 bridgehead atoms. The molecule has 1 aromatic heterocycles. The quantitative estimate of drug-likeness (QED) is 0.811. The minimum absolute atomic E-state index is 0.842. The molecule has 1 aromatic rings. The number of hydrogen-bond donors (Lipinski definition) is 1. The Morgan fingerprint density at radius 1 is 1.22 bits per heavy atom. The first-order valence-corrected chi connectivity index (χ1v) is 8.17. The van der Waals surface area contributed by atoms with Crippen LogP contribution in [0.25, 0.3) is 0 Å². The van der Waals surface area contributed by atoms with Crippen LogP contribution in [-0.2, 0) is 13.1 Å². The third kappa shape index (κ3) is 3.81. The molecule has 1 saturated carbocycles. The van der Waals surface area contributed by atoms with Gasteiger partial charge in [-0.1, -0.05) is 26.7 Å². The highest BCUT2D eigenvalue weighted by atomic mass is 32.1. The Morgan fingerprint density at radius 3 is 2.61 bits per heavy atom. The molecule has 0 radical (unpaired) electrons. The monoisotopic (exact) mass is 266 g/mol. The molecular weight excluding hydrogens is 240 g/mol. The molecule has 0 unspecified atom stereocenters. The topological polar surface area (TPSA) is 15.3 Å². The van der Waals surface area contributed by atoms with E-state index in [1.165, 1.54) is 42.0 Å².